The molecule has 26 heteroatoms. The summed E-state index contributed by atoms with van der Waals surface area (Å²) in [6.07, 6.45) is 0. The quantitative estimate of drug-likeness (QED) is 0.0852. The first-order chi connectivity index (χ1) is 14.4. The van der Waals surface area contributed by atoms with E-state index in [9.17, 15) is 25.9 Å². The van der Waals surface area contributed by atoms with Gasteiger partial charge >= 0.3 is 44.4 Å². The van der Waals surface area contributed by atoms with Crippen LogP contribution >= 0.6 is 0 Å². The molecule has 0 saturated carbocycles. The van der Waals surface area contributed by atoms with Gasteiger partial charge in [-0.1, -0.05) is 18.2 Å². The van der Waals surface area contributed by atoms with E-state index < -0.39 is 44.4 Å². The fourth-order valence-electron chi connectivity index (χ4n) is 0.604. The topological polar surface area (TPSA) is 256 Å². The van der Waals surface area contributed by atoms with Crippen LogP contribution in [0.5, 0.6) is 0 Å². The van der Waals surface area contributed by atoms with E-state index in [-0.39, 0.29) is 0 Å². The predicted octanol–water partition coefficient (Wildman–Crippen LogP) is -3.72. The Bertz CT molecular complexity index is 438. The SMILES string of the molecule is OB(F)ON=Nc1ccccc1.OB(O)F.OB(O)F.OB(O)F.OB(O)F.OB(O)F. The van der Waals surface area contributed by atoms with Gasteiger partial charge in [-0.3, -0.25) is 21.6 Å². The van der Waals surface area contributed by atoms with Gasteiger partial charge in [0.15, 0.2) is 0 Å². The Hall–Kier alpha value is -1.85. The van der Waals surface area contributed by atoms with Crippen LogP contribution in [0, 0.1) is 0 Å². The third kappa shape index (κ3) is 141. The first-order valence-corrected chi connectivity index (χ1v) is 6.90. The Kier molecular flexibility index (Phi) is 39.7. The largest absolute Gasteiger partial charge is 0.774 e. The second-order valence-electron chi connectivity index (χ2n) is 3.47. The molecule has 0 aliphatic carbocycles. The van der Waals surface area contributed by atoms with Crippen molar-refractivity contribution in [3.05, 3.63) is 30.3 Å². The zero-order chi connectivity index (χ0) is 26.7. The number of rotatable bonds is 3. The minimum absolute atomic E-state index is 0.526. The average Bonchev–Trinajstić information content (AvgIpc) is 2.52. The Morgan fingerprint density at radius 2 is 0.781 bits per heavy atom. The zero-order valence-corrected chi connectivity index (χ0v) is 15.3. The predicted molar refractivity (Wildman–Crippen MR) is 97.6 cm³/mol. The van der Waals surface area contributed by atoms with Crippen molar-refractivity contribution >= 4 is 50.1 Å². The Balaban J connectivity index is -0.000000102. The van der Waals surface area contributed by atoms with Crippen LogP contribution in [0.25, 0.3) is 0 Å². The van der Waals surface area contributed by atoms with Gasteiger partial charge in [-0.05, 0) is 12.1 Å². The summed E-state index contributed by atoms with van der Waals surface area (Å²) in [4.78, 5) is 0. The molecular weight excluding hydrogens is 471 g/mol. The Morgan fingerprint density at radius 3 is 1.00 bits per heavy atom. The van der Waals surface area contributed by atoms with Crippen LogP contribution in [0.2, 0.25) is 0 Å². The van der Waals surface area contributed by atoms with E-state index in [1.54, 1.807) is 24.3 Å². The summed E-state index contributed by atoms with van der Waals surface area (Å²) in [5.74, 6) is 0. The second-order valence-corrected chi connectivity index (χ2v) is 3.47. The van der Waals surface area contributed by atoms with Crippen molar-refractivity contribution in [3.8, 4) is 0 Å². The molecule has 0 atom stereocenters. The lowest BCUT2D eigenvalue weighted by molar-refractivity contribution is 0.215. The molecule has 0 spiro atoms. The molecule has 182 valence electrons. The summed E-state index contributed by atoms with van der Waals surface area (Å²) in [5.41, 5.74) is 0.526. The van der Waals surface area contributed by atoms with E-state index in [0.29, 0.717) is 5.69 Å². The zero-order valence-electron chi connectivity index (χ0n) is 15.3. The molecule has 0 saturated heterocycles. The molecule has 0 radical (unpaired) electrons. The molecule has 0 unspecified atom stereocenters. The van der Waals surface area contributed by atoms with Crippen LogP contribution in [0.4, 0.5) is 31.6 Å². The number of nitrogens with zero attached hydrogens (tertiary/aromatic N) is 2. The molecule has 0 heterocycles. The lowest BCUT2D eigenvalue weighted by atomic mass is 10.3. The second kappa shape index (κ2) is 31.3. The lowest BCUT2D eigenvalue weighted by Crippen LogP contribution is -2.04. The van der Waals surface area contributed by atoms with Gasteiger partial charge in [-0.15, -0.1) is 5.11 Å². The highest BCUT2D eigenvalue weighted by Gasteiger charge is 2.12. The summed E-state index contributed by atoms with van der Waals surface area (Å²) >= 11 is 0. The molecule has 1 aromatic carbocycles. The molecular formula is C6H16B6F6N2O12. The van der Waals surface area contributed by atoms with E-state index in [2.05, 4.69) is 15.1 Å². The molecule has 1 aromatic rings. The Morgan fingerprint density at radius 1 is 0.531 bits per heavy atom. The maximum atomic E-state index is 11.6. The number of hydrogen-bond donors (Lipinski definition) is 11. The smallest absolute Gasteiger partial charge is 0.398 e. The molecule has 0 fully saturated rings. The van der Waals surface area contributed by atoms with Gasteiger partial charge in [0.25, 0.3) is 0 Å². The van der Waals surface area contributed by atoms with Gasteiger partial charge in [0.05, 0.1) is 5.69 Å². The molecule has 1 rings (SSSR count). The van der Waals surface area contributed by atoms with E-state index in [1.165, 1.54) is 0 Å². The summed E-state index contributed by atoms with van der Waals surface area (Å²) in [7, 11) is -15.8. The fraction of sp³-hybridized carbons (Fsp3) is 0. The highest BCUT2D eigenvalue weighted by molar-refractivity contribution is 6.33. The van der Waals surface area contributed by atoms with Gasteiger partial charge in [-0.2, -0.15) is 0 Å². The third-order valence-corrected chi connectivity index (χ3v) is 1.05. The molecule has 0 aromatic heterocycles. The van der Waals surface area contributed by atoms with Crippen LogP contribution in [0.15, 0.2) is 40.7 Å². The summed E-state index contributed by atoms with van der Waals surface area (Å²) < 4.78 is 65.9. The van der Waals surface area contributed by atoms with Crippen molar-refractivity contribution in [1.29, 1.82) is 0 Å². The van der Waals surface area contributed by atoms with E-state index in [0.717, 1.165) is 0 Å². The van der Waals surface area contributed by atoms with Crippen LogP contribution in [-0.2, 0) is 4.76 Å². The van der Waals surface area contributed by atoms with Gasteiger partial charge in [0.2, 0.25) is 0 Å². The first kappa shape index (κ1) is 40.5. The molecule has 11 N–H and O–H groups in total. The first-order valence-electron chi connectivity index (χ1n) is 6.90. The van der Waals surface area contributed by atoms with E-state index in [4.69, 9.17) is 55.3 Å². The highest BCUT2D eigenvalue weighted by atomic mass is 19.1. The van der Waals surface area contributed by atoms with Crippen LogP contribution in [-0.4, -0.2) is 99.6 Å². The van der Waals surface area contributed by atoms with Crippen LogP contribution < -0.4 is 0 Å². The summed E-state index contributed by atoms with van der Waals surface area (Å²) in [6, 6.07) is 8.64. The van der Waals surface area contributed by atoms with Gasteiger partial charge in [0, 0.05) is 5.28 Å². The van der Waals surface area contributed by atoms with Crippen LogP contribution in [0.3, 0.4) is 0 Å². The fourth-order valence-corrected chi connectivity index (χ4v) is 0.604. The number of halogens is 6. The minimum Gasteiger partial charge on any atom is -0.398 e. The molecule has 0 aliphatic heterocycles. The summed E-state index contributed by atoms with van der Waals surface area (Å²) in [5, 5.41) is 83.8. The lowest BCUT2D eigenvalue weighted by Gasteiger charge is -1.90. The monoisotopic (exact) mass is 488 g/mol. The number of benzene rings is 1. The van der Waals surface area contributed by atoms with Crippen molar-refractivity contribution in [2.75, 3.05) is 0 Å². The van der Waals surface area contributed by atoms with Crippen molar-refractivity contribution in [1.82, 2.24) is 0 Å². The molecule has 0 aliphatic rings. The minimum atomic E-state index is -2.67. The normalized spacial score (nSPS) is 8.03. The van der Waals surface area contributed by atoms with E-state index >= 15 is 0 Å². The van der Waals surface area contributed by atoms with Crippen LogP contribution in [0.1, 0.15) is 0 Å². The molecule has 32 heavy (non-hydrogen) atoms. The van der Waals surface area contributed by atoms with E-state index in [1.807, 2.05) is 6.07 Å². The maximum Gasteiger partial charge on any atom is 0.774 e. The van der Waals surface area contributed by atoms with Crippen molar-refractivity contribution in [2.45, 2.75) is 0 Å². The average molecular weight is 487 g/mol. The standard InChI is InChI=1S/C6H6BFN2O2.5BFH2O2/c8-7(11)12-10-9-6-4-2-1-3-5-6;5*2-1(3)4/h1-5,11H;5*3-4H. The van der Waals surface area contributed by atoms with Crippen molar-refractivity contribution in [3.63, 3.8) is 0 Å². The number of hydrogen-bond acceptors (Lipinski definition) is 14. The third-order valence-electron chi connectivity index (χ3n) is 1.05. The Labute approximate surface area is 177 Å². The summed E-state index contributed by atoms with van der Waals surface area (Å²) in [6.45, 7) is 0. The van der Waals surface area contributed by atoms with Crippen molar-refractivity contribution in [2.24, 2.45) is 10.4 Å². The maximum absolute atomic E-state index is 11.6. The molecule has 0 amide bonds. The van der Waals surface area contributed by atoms with Gasteiger partial charge < -0.3 is 60.0 Å². The van der Waals surface area contributed by atoms with Gasteiger partial charge in [-0.25, -0.2) is 4.32 Å². The molecule has 0 bridgehead atoms. The van der Waals surface area contributed by atoms with Crippen molar-refractivity contribution < 1.29 is 85.9 Å². The highest BCUT2D eigenvalue weighted by Crippen LogP contribution is 2.09. The molecule has 14 nitrogen and oxygen atoms in total. The van der Waals surface area contributed by atoms with Gasteiger partial charge in [0.1, 0.15) is 0 Å².